The van der Waals surface area contributed by atoms with Crippen molar-refractivity contribution in [1.82, 2.24) is 0 Å². The van der Waals surface area contributed by atoms with Crippen molar-refractivity contribution in [3.63, 3.8) is 0 Å². The molecule has 1 aromatic rings. The highest BCUT2D eigenvalue weighted by molar-refractivity contribution is 6.30. The van der Waals surface area contributed by atoms with Crippen LogP contribution in [0, 0.1) is 5.92 Å². The number of hydrogen-bond acceptors (Lipinski definition) is 0. The van der Waals surface area contributed by atoms with Crippen LogP contribution in [0.3, 0.4) is 0 Å². The van der Waals surface area contributed by atoms with Crippen LogP contribution in [-0.4, -0.2) is 11.8 Å². The summed E-state index contributed by atoms with van der Waals surface area (Å²) in [4.78, 5) is 0. The molecule has 18 heavy (non-hydrogen) atoms. The van der Waals surface area contributed by atoms with Crippen molar-refractivity contribution >= 4 is 34.8 Å². The van der Waals surface area contributed by atoms with Gasteiger partial charge in [-0.25, -0.2) is 0 Å². The van der Waals surface area contributed by atoms with Gasteiger partial charge in [0.15, 0.2) is 0 Å². The smallest absolute Gasteiger partial charge is 0.0406 e. The highest BCUT2D eigenvalue weighted by Gasteiger charge is 2.30. The van der Waals surface area contributed by atoms with E-state index in [9.17, 15) is 0 Å². The molecule has 1 aromatic carbocycles. The van der Waals surface area contributed by atoms with Gasteiger partial charge in [-0.15, -0.1) is 23.2 Å². The Bertz CT molecular complexity index is 339. The minimum Gasteiger partial charge on any atom is -0.126 e. The first-order valence-corrected chi connectivity index (χ1v) is 7.87. The largest absolute Gasteiger partial charge is 0.126 e. The fraction of sp³-hybridized carbons (Fsp3) is 0.600. The second-order valence-corrected chi connectivity index (χ2v) is 6.31. The molecule has 0 aromatic heterocycles. The van der Waals surface area contributed by atoms with E-state index in [1.165, 1.54) is 12.0 Å². The molecule has 0 N–H and O–H groups in total. The molecule has 0 spiro atoms. The zero-order valence-electron chi connectivity index (χ0n) is 11.1. The lowest BCUT2D eigenvalue weighted by atomic mass is 9.79. The van der Waals surface area contributed by atoms with Gasteiger partial charge in [-0.1, -0.05) is 50.4 Å². The van der Waals surface area contributed by atoms with Gasteiger partial charge in [0, 0.05) is 22.2 Å². The van der Waals surface area contributed by atoms with Gasteiger partial charge in [0.2, 0.25) is 0 Å². The van der Waals surface area contributed by atoms with Crippen molar-refractivity contribution in [2.24, 2.45) is 5.92 Å². The maximum absolute atomic E-state index is 6.20. The number of rotatable bonds is 7. The predicted octanol–water partition coefficient (Wildman–Crippen LogP) is 5.88. The van der Waals surface area contributed by atoms with E-state index in [0.29, 0.717) is 11.8 Å². The van der Waals surface area contributed by atoms with Crippen molar-refractivity contribution < 1.29 is 0 Å². The minimum absolute atomic E-state index is 0.122. The Kier molecular flexibility index (Phi) is 6.84. The summed E-state index contributed by atoms with van der Waals surface area (Å²) in [5.41, 5.74) is 1.07. The number of alkyl halides is 2. The molecule has 0 saturated carbocycles. The Morgan fingerprint density at radius 1 is 1.06 bits per heavy atom. The SMILES string of the molecule is CC(C)CCCC(CCl)(CCl)c1ccc(Cl)cc1. The summed E-state index contributed by atoms with van der Waals surface area (Å²) in [6, 6.07) is 7.91. The highest BCUT2D eigenvalue weighted by atomic mass is 35.5. The van der Waals surface area contributed by atoms with Gasteiger partial charge in [0.05, 0.1) is 0 Å². The molecule has 102 valence electrons. The maximum atomic E-state index is 6.20. The second-order valence-electron chi connectivity index (χ2n) is 5.34. The molecule has 0 unspecified atom stereocenters. The van der Waals surface area contributed by atoms with Gasteiger partial charge in [0.25, 0.3) is 0 Å². The number of halogens is 3. The highest BCUT2D eigenvalue weighted by Crippen LogP contribution is 2.34. The summed E-state index contributed by atoms with van der Waals surface area (Å²) in [5.74, 6) is 1.82. The summed E-state index contributed by atoms with van der Waals surface area (Å²) in [6.45, 7) is 4.48. The van der Waals surface area contributed by atoms with Crippen LogP contribution in [0.2, 0.25) is 5.02 Å². The van der Waals surface area contributed by atoms with Crippen LogP contribution in [-0.2, 0) is 5.41 Å². The van der Waals surface area contributed by atoms with Gasteiger partial charge >= 0.3 is 0 Å². The molecule has 0 aliphatic rings. The third-order valence-electron chi connectivity index (χ3n) is 3.40. The van der Waals surface area contributed by atoms with Crippen LogP contribution < -0.4 is 0 Å². The molecule has 3 heteroatoms. The fourth-order valence-corrected chi connectivity index (χ4v) is 3.11. The average molecular weight is 308 g/mol. The van der Waals surface area contributed by atoms with Crippen LogP contribution in [0.1, 0.15) is 38.7 Å². The third-order valence-corrected chi connectivity index (χ3v) is 4.68. The Morgan fingerprint density at radius 3 is 2.06 bits per heavy atom. The summed E-state index contributed by atoms with van der Waals surface area (Å²) in [6.07, 6.45) is 3.39. The van der Waals surface area contributed by atoms with E-state index in [2.05, 4.69) is 13.8 Å². The molecular weight excluding hydrogens is 287 g/mol. The molecule has 0 atom stereocenters. The monoisotopic (exact) mass is 306 g/mol. The molecule has 0 saturated heterocycles. The molecule has 0 fully saturated rings. The Labute approximate surface area is 126 Å². The Morgan fingerprint density at radius 2 is 1.61 bits per heavy atom. The van der Waals surface area contributed by atoms with E-state index in [-0.39, 0.29) is 5.41 Å². The molecule has 0 radical (unpaired) electrons. The van der Waals surface area contributed by atoms with Crippen molar-refractivity contribution in [2.75, 3.05) is 11.8 Å². The second kappa shape index (κ2) is 7.62. The standard InChI is InChI=1S/C15H21Cl3/c1-12(2)4-3-9-15(10-16,11-17)13-5-7-14(18)8-6-13/h5-8,12H,3-4,9-11H2,1-2H3. The average Bonchev–Trinajstić information content (AvgIpc) is 2.36. The molecule has 0 nitrogen and oxygen atoms in total. The van der Waals surface area contributed by atoms with E-state index in [1.807, 2.05) is 24.3 Å². The van der Waals surface area contributed by atoms with Crippen LogP contribution in [0.4, 0.5) is 0 Å². The maximum Gasteiger partial charge on any atom is 0.0406 e. The summed E-state index contributed by atoms with van der Waals surface area (Å²) < 4.78 is 0. The van der Waals surface area contributed by atoms with Crippen molar-refractivity contribution in [2.45, 2.75) is 38.5 Å². The van der Waals surface area contributed by atoms with E-state index in [0.717, 1.165) is 23.8 Å². The van der Waals surface area contributed by atoms with Gasteiger partial charge in [0.1, 0.15) is 0 Å². The van der Waals surface area contributed by atoms with E-state index >= 15 is 0 Å². The van der Waals surface area contributed by atoms with Crippen LogP contribution in [0.25, 0.3) is 0 Å². The lowest BCUT2D eigenvalue weighted by Crippen LogP contribution is -2.30. The quantitative estimate of drug-likeness (QED) is 0.552. The van der Waals surface area contributed by atoms with Crippen molar-refractivity contribution in [1.29, 1.82) is 0 Å². The summed E-state index contributed by atoms with van der Waals surface area (Å²) in [7, 11) is 0. The van der Waals surface area contributed by atoms with Crippen LogP contribution in [0.15, 0.2) is 24.3 Å². The van der Waals surface area contributed by atoms with Gasteiger partial charge < -0.3 is 0 Å². The molecule has 0 bridgehead atoms. The zero-order valence-corrected chi connectivity index (χ0v) is 13.3. The van der Waals surface area contributed by atoms with Crippen molar-refractivity contribution in [3.8, 4) is 0 Å². The molecular formula is C15H21Cl3. The molecule has 0 aliphatic carbocycles. The Balaban J connectivity index is 2.81. The van der Waals surface area contributed by atoms with Gasteiger partial charge in [-0.3, -0.25) is 0 Å². The van der Waals surface area contributed by atoms with Crippen molar-refractivity contribution in [3.05, 3.63) is 34.9 Å². The predicted molar refractivity (Wildman–Crippen MR) is 83.3 cm³/mol. The van der Waals surface area contributed by atoms with Crippen LogP contribution >= 0.6 is 34.8 Å². The molecule has 1 rings (SSSR count). The normalized spacial score (nSPS) is 12.1. The number of benzene rings is 1. The lowest BCUT2D eigenvalue weighted by molar-refractivity contribution is 0.432. The minimum atomic E-state index is -0.122. The van der Waals surface area contributed by atoms with E-state index in [4.69, 9.17) is 34.8 Å². The molecule has 0 heterocycles. The summed E-state index contributed by atoms with van der Waals surface area (Å²) in [5, 5.41) is 0.749. The first-order chi connectivity index (χ1) is 8.54. The van der Waals surface area contributed by atoms with E-state index in [1.54, 1.807) is 0 Å². The topological polar surface area (TPSA) is 0 Å². The molecule has 0 aliphatic heterocycles. The summed E-state index contributed by atoms with van der Waals surface area (Å²) >= 11 is 18.3. The van der Waals surface area contributed by atoms with Crippen LogP contribution in [0.5, 0.6) is 0 Å². The number of hydrogen-bond donors (Lipinski definition) is 0. The third kappa shape index (κ3) is 4.33. The first kappa shape index (κ1) is 16.1. The fourth-order valence-electron chi connectivity index (χ4n) is 2.12. The van der Waals surface area contributed by atoms with Gasteiger partial charge in [-0.05, 0) is 30.0 Å². The first-order valence-electron chi connectivity index (χ1n) is 6.42. The van der Waals surface area contributed by atoms with Gasteiger partial charge in [-0.2, -0.15) is 0 Å². The molecule has 0 amide bonds. The van der Waals surface area contributed by atoms with E-state index < -0.39 is 0 Å². The Hall–Kier alpha value is 0.0900. The zero-order chi connectivity index (χ0) is 13.6. The lowest BCUT2D eigenvalue weighted by Gasteiger charge is -2.30.